The van der Waals surface area contributed by atoms with Crippen molar-refractivity contribution in [3.63, 3.8) is 0 Å². The summed E-state index contributed by atoms with van der Waals surface area (Å²) in [5.74, 6) is 0.223. The predicted octanol–water partition coefficient (Wildman–Crippen LogP) is 3.56. The van der Waals surface area contributed by atoms with E-state index in [9.17, 15) is 9.90 Å². The largest absolute Gasteiger partial charge is 0.386 e. The number of hydrogen-bond acceptors (Lipinski definition) is 3. The van der Waals surface area contributed by atoms with E-state index in [2.05, 4.69) is 12.2 Å². The first-order chi connectivity index (χ1) is 11.6. The first-order valence-corrected chi connectivity index (χ1v) is 9.48. The maximum absolute atomic E-state index is 12.6. The maximum atomic E-state index is 12.6. The Balaban J connectivity index is 1.76. The van der Waals surface area contributed by atoms with Crippen LogP contribution in [0.25, 0.3) is 0 Å². The number of unbranched alkanes of at least 4 members (excludes halogenated alkanes) is 1. The Morgan fingerprint density at radius 1 is 1.29 bits per heavy atom. The molecule has 1 unspecified atom stereocenters. The fourth-order valence-corrected chi connectivity index (χ4v) is 4.37. The van der Waals surface area contributed by atoms with Crippen molar-refractivity contribution in [1.29, 1.82) is 0 Å². The number of piperidine rings is 1. The normalized spacial score (nSPS) is 29.8. The molecule has 0 spiro atoms. The minimum absolute atomic E-state index is 0.0143. The number of carbonyl (C=O) groups excluding carboxylic acids is 1. The van der Waals surface area contributed by atoms with Crippen LogP contribution in [0, 0.1) is 0 Å². The molecule has 4 nitrogen and oxygen atoms in total. The molecule has 2 aliphatic rings. The first-order valence-electron chi connectivity index (χ1n) is 9.48. The third-order valence-electron chi connectivity index (χ3n) is 5.70. The SMILES string of the molecule is CCCCC(=O)N1CCC(Nc2ccccc2)[C@]2(O)CCCC[C@H]12. The standard InChI is InChI=1S/C20H30N2O2/c1-2-3-12-19(23)22-15-13-17(21-16-9-5-4-6-10-16)20(24)14-8-7-11-18(20)22/h4-6,9-10,17-18,21,24H,2-3,7-8,11-15H2,1H3/t17?,18-,20+/m0/s1. The van der Waals surface area contributed by atoms with Crippen LogP contribution in [0.5, 0.6) is 0 Å². The molecule has 132 valence electrons. The molecule has 1 aromatic carbocycles. The van der Waals surface area contributed by atoms with E-state index in [0.29, 0.717) is 6.42 Å². The van der Waals surface area contributed by atoms with Crippen molar-refractivity contribution in [3.05, 3.63) is 30.3 Å². The van der Waals surface area contributed by atoms with E-state index < -0.39 is 5.60 Å². The summed E-state index contributed by atoms with van der Waals surface area (Å²) < 4.78 is 0. The van der Waals surface area contributed by atoms with E-state index >= 15 is 0 Å². The minimum Gasteiger partial charge on any atom is -0.386 e. The van der Waals surface area contributed by atoms with Crippen molar-refractivity contribution in [2.75, 3.05) is 11.9 Å². The van der Waals surface area contributed by atoms with Crippen molar-refractivity contribution in [3.8, 4) is 0 Å². The van der Waals surface area contributed by atoms with Gasteiger partial charge in [-0.1, -0.05) is 44.4 Å². The lowest BCUT2D eigenvalue weighted by Crippen LogP contribution is -2.67. The van der Waals surface area contributed by atoms with Crippen LogP contribution in [-0.2, 0) is 4.79 Å². The smallest absolute Gasteiger partial charge is 0.222 e. The molecule has 3 rings (SSSR count). The predicted molar refractivity (Wildman–Crippen MR) is 96.9 cm³/mol. The molecule has 3 atom stereocenters. The van der Waals surface area contributed by atoms with E-state index in [1.807, 2.05) is 35.2 Å². The molecule has 2 N–H and O–H groups in total. The molecule has 1 heterocycles. The average Bonchev–Trinajstić information content (AvgIpc) is 2.61. The lowest BCUT2D eigenvalue weighted by atomic mass is 9.71. The van der Waals surface area contributed by atoms with Crippen molar-refractivity contribution in [1.82, 2.24) is 4.90 Å². The average molecular weight is 330 g/mol. The highest BCUT2D eigenvalue weighted by Crippen LogP contribution is 2.40. The van der Waals surface area contributed by atoms with Crippen LogP contribution in [0.3, 0.4) is 0 Å². The molecule has 1 saturated carbocycles. The van der Waals surface area contributed by atoms with Gasteiger partial charge in [0.2, 0.25) is 5.91 Å². The van der Waals surface area contributed by atoms with Gasteiger partial charge in [0.15, 0.2) is 0 Å². The molecule has 4 heteroatoms. The summed E-state index contributed by atoms with van der Waals surface area (Å²) in [6, 6.07) is 10.1. The number of carbonyl (C=O) groups is 1. The van der Waals surface area contributed by atoms with Gasteiger partial charge in [-0.2, -0.15) is 0 Å². The molecule has 0 radical (unpaired) electrons. The van der Waals surface area contributed by atoms with E-state index in [4.69, 9.17) is 0 Å². The van der Waals surface area contributed by atoms with Crippen molar-refractivity contribution in [2.45, 2.75) is 76.0 Å². The van der Waals surface area contributed by atoms with Gasteiger partial charge in [-0.25, -0.2) is 0 Å². The molecule has 2 fully saturated rings. The van der Waals surface area contributed by atoms with Gasteiger partial charge in [0.25, 0.3) is 0 Å². The molecule has 0 bridgehead atoms. The van der Waals surface area contributed by atoms with Crippen LogP contribution < -0.4 is 5.32 Å². The summed E-state index contributed by atoms with van der Waals surface area (Å²) in [5.41, 5.74) is 0.236. The molecule has 1 aliphatic carbocycles. The number of aliphatic hydroxyl groups is 1. The van der Waals surface area contributed by atoms with Gasteiger partial charge >= 0.3 is 0 Å². The van der Waals surface area contributed by atoms with Gasteiger partial charge in [0.05, 0.1) is 12.1 Å². The highest BCUT2D eigenvalue weighted by atomic mass is 16.3. The molecule has 1 aliphatic heterocycles. The number of anilines is 1. The number of amides is 1. The molecule has 1 saturated heterocycles. The highest BCUT2D eigenvalue weighted by Gasteiger charge is 2.51. The van der Waals surface area contributed by atoms with Crippen LogP contribution in [0.2, 0.25) is 0 Å². The topological polar surface area (TPSA) is 52.6 Å². The number of nitrogens with zero attached hydrogens (tertiary/aromatic N) is 1. The Hall–Kier alpha value is -1.55. The van der Waals surface area contributed by atoms with Gasteiger partial charge in [-0.05, 0) is 37.8 Å². The fraction of sp³-hybridized carbons (Fsp3) is 0.650. The Kier molecular flexibility index (Phi) is 5.44. The molecular formula is C20H30N2O2. The molecular weight excluding hydrogens is 300 g/mol. The zero-order valence-corrected chi connectivity index (χ0v) is 14.7. The Labute approximate surface area is 145 Å². The highest BCUT2D eigenvalue weighted by molar-refractivity contribution is 5.77. The summed E-state index contributed by atoms with van der Waals surface area (Å²) in [7, 11) is 0. The van der Waals surface area contributed by atoms with E-state index in [1.165, 1.54) is 0 Å². The van der Waals surface area contributed by atoms with Crippen molar-refractivity contribution < 1.29 is 9.90 Å². The second-order valence-corrected chi connectivity index (χ2v) is 7.30. The minimum atomic E-state index is -0.811. The van der Waals surface area contributed by atoms with Crippen LogP contribution in [0.4, 0.5) is 5.69 Å². The van der Waals surface area contributed by atoms with Gasteiger partial charge in [0.1, 0.15) is 5.60 Å². The van der Waals surface area contributed by atoms with Crippen LogP contribution in [0.1, 0.15) is 58.3 Å². The number of likely N-dealkylation sites (tertiary alicyclic amines) is 1. The maximum Gasteiger partial charge on any atom is 0.222 e. The number of hydrogen-bond donors (Lipinski definition) is 2. The third-order valence-corrected chi connectivity index (χ3v) is 5.70. The Morgan fingerprint density at radius 2 is 2.08 bits per heavy atom. The van der Waals surface area contributed by atoms with E-state index in [0.717, 1.165) is 57.2 Å². The summed E-state index contributed by atoms with van der Waals surface area (Å²) in [6.07, 6.45) is 7.22. The summed E-state index contributed by atoms with van der Waals surface area (Å²) in [5, 5.41) is 15.0. The van der Waals surface area contributed by atoms with E-state index in [1.54, 1.807) is 0 Å². The number of fused-ring (bicyclic) bond motifs is 1. The number of benzene rings is 1. The lowest BCUT2D eigenvalue weighted by molar-refractivity contribution is -0.154. The number of para-hydroxylation sites is 1. The van der Waals surface area contributed by atoms with Gasteiger partial charge in [-0.3, -0.25) is 4.79 Å². The summed E-state index contributed by atoms with van der Waals surface area (Å²) >= 11 is 0. The third kappa shape index (κ3) is 3.44. The molecule has 0 aromatic heterocycles. The lowest BCUT2D eigenvalue weighted by Gasteiger charge is -2.54. The summed E-state index contributed by atoms with van der Waals surface area (Å²) in [6.45, 7) is 2.86. The monoisotopic (exact) mass is 330 g/mol. The second kappa shape index (κ2) is 7.56. The zero-order valence-electron chi connectivity index (χ0n) is 14.7. The Morgan fingerprint density at radius 3 is 2.83 bits per heavy atom. The van der Waals surface area contributed by atoms with Gasteiger partial charge < -0.3 is 15.3 Å². The van der Waals surface area contributed by atoms with Gasteiger partial charge in [0, 0.05) is 18.7 Å². The van der Waals surface area contributed by atoms with Crippen LogP contribution in [-0.4, -0.2) is 40.1 Å². The van der Waals surface area contributed by atoms with Crippen molar-refractivity contribution in [2.24, 2.45) is 0 Å². The molecule has 1 amide bonds. The Bertz CT molecular complexity index is 548. The first kappa shape index (κ1) is 17.3. The number of rotatable bonds is 5. The van der Waals surface area contributed by atoms with E-state index in [-0.39, 0.29) is 18.0 Å². The zero-order chi connectivity index (χ0) is 17.0. The number of nitrogens with one attached hydrogen (secondary N) is 1. The van der Waals surface area contributed by atoms with Crippen LogP contribution >= 0.6 is 0 Å². The second-order valence-electron chi connectivity index (χ2n) is 7.30. The van der Waals surface area contributed by atoms with Crippen molar-refractivity contribution >= 4 is 11.6 Å². The fourth-order valence-electron chi connectivity index (χ4n) is 4.37. The van der Waals surface area contributed by atoms with Crippen LogP contribution in [0.15, 0.2) is 30.3 Å². The quantitative estimate of drug-likeness (QED) is 0.868. The van der Waals surface area contributed by atoms with Gasteiger partial charge in [-0.15, -0.1) is 0 Å². The molecule has 24 heavy (non-hydrogen) atoms. The molecule has 1 aromatic rings. The summed E-state index contributed by atoms with van der Waals surface area (Å²) in [4.78, 5) is 14.6.